The summed E-state index contributed by atoms with van der Waals surface area (Å²) < 4.78 is 4.57. The summed E-state index contributed by atoms with van der Waals surface area (Å²) in [6, 6.07) is 19.8. The molecule has 1 saturated carbocycles. The monoisotopic (exact) mass is 518 g/mol. The van der Waals surface area contributed by atoms with E-state index in [0.29, 0.717) is 12.1 Å². The van der Waals surface area contributed by atoms with Gasteiger partial charge in [0.05, 0.1) is 28.6 Å². The van der Waals surface area contributed by atoms with Crippen molar-refractivity contribution in [1.29, 1.82) is 0 Å². The summed E-state index contributed by atoms with van der Waals surface area (Å²) >= 11 is 0. The standard InChI is InChI=1S/C33H34N4O2/c1-3-7-31-35-32-22(2)16-26(29-20-36(21-34-29)18-23-8-6-9-23)17-30(32)37(31)19-24-12-14-25(15-13-24)27-10-4-5-11-28(27)33(38)39/h4-5,10-17,20-21,23H,3,6-9,18-19H2,1-2H3,(H,38,39). The van der Waals surface area contributed by atoms with E-state index in [1.807, 2.05) is 30.6 Å². The van der Waals surface area contributed by atoms with Crippen LogP contribution in [0.3, 0.4) is 0 Å². The number of carboxylic acid groups (broad SMARTS) is 1. The van der Waals surface area contributed by atoms with E-state index in [1.165, 1.54) is 19.3 Å². The van der Waals surface area contributed by atoms with Gasteiger partial charge in [0.25, 0.3) is 0 Å². The van der Waals surface area contributed by atoms with Crippen molar-refractivity contribution in [2.45, 2.75) is 59.0 Å². The molecule has 2 heterocycles. The molecule has 198 valence electrons. The molecule has 0 saturated heterocycles. The molecule has 2 aromatic heterocycles. The summed E-state index contributed by atoms with van der Waals surface area (Å²) in [5.74, 6) is 0.963. The molecule has 0 atom stereocenters. The number of nitrogens with zero attached hydrogens (tertiary/aromatic N) is 4. The topological polar surface area (TPSA) is 72.9 Å². The minimum Gasteiger partial charge on any atom is -0.478 e. The molecule has 0 aliphatic heterocycles. The van der Waals surface area contributed by atoms with E-state index in [4.69, 9.17) is 9.97 Å². The Bertz CT molecular complexity index is 1640. The van der Waals surface area contributed by atoms with E-state index in [9.17, 15) is 9.90 Å². The Kier molecular flexibility index (Phi) is 6.77. The lowest BCUT2D eigenvalue weighted by molar-refractivity contribution is 0.0697. The smallest absolute Gasteiger partial charge is 0.336 e. The lowest BCUT2D eigenvalue weighted by Gasteiger charge is -2.25. The van der Waals surface area contributed by atoms with E-state index < -0.39 is 5.97 Å². The van der Waals surface area contributed by atoms with Crippen LogP contribution >= 0.6 is 0 Å². The lowest BCUT2D eigenvalue weighted by atomic mass is 9.85. The first-order valence-electron chi connectivity index (χ1n) is 13.9. The number of benzene rings is 3. The van der Waals surface area contributed by atoms with Crippen molar-refractivity contribution >= 4 is 17.0 Å². The van der Waals surface area contributed by atoms with Crippen molar-refractivity contribution in [3.63, 3.8) is 0 Å². The Hall–Kier alpha value is -4.19. The summed E-state index contributed by atoms with van der Waals surface area (Å²) in [7, 11) is 0. The predicted molar refractivity (Wildman–Crippen MR) is 155 cm³/mol. The molecule has 0 amide bonds. The molecule has 1 N–H and O–H groups in total. The Morgan fingerprint density at radius 1 is 1.05 bits per heavy atom. The van der Waals surface area contributed by atoms with Gasteiger partial charge >= 0.3 is 5.97 Å². The van der Waals surface area contributed by atoms with Gasteiger partial charge in [0, 0.05) is 31.3 Å². The van der Waals surface area contributed by atoms with Crippen molar-refractivity contribution in [3.8, 4) is 22.4 Å². The first kappa shape index (κ1) is 25.1. The predicted octanol–water partition coefficient (Wildman–Crippen LogP) is 7.37. The second kappa shape index (κ2) is 10.5. The van der Waals surface area contributed by atoms with Gasteiger partial charge in [-0.3, -0.25) is 0 Å². The molecule has 3 aromatic carbocycles. The number of carbonyl (C=O) groups is 1. The Balaban J connectivity index is 1.34. The summed E-state index contributed by atoms with van der Waals surface area (Å²) in [5, 5.41) is 9.60. The van der Waals surface area contributed by atoms with Crippen LogP contribution in [0.1, 0.15) is 59.9 Å². The van der Waals surface area contributed by atoms with Gasteiger partial charge in [-0.1, -0.05) is 55.8 Å². The van der Waals surface area contributed by atoms with Gasteiger partial charge in [-0.25, -0.2) is 14.8 Å². The second-order valence-corrected chi connectivity index (χ2v) is 10.8. The summed E-state index contributed by atoms with van der Waals surface area (Å²) in [6.45, 7) is 6.08. The van der Waals surface area contributed by atoms with Crippen molar-refractivity contribution in [3.05, 3.63) is 95.7 Å². The van der Waals surface area contributed by atoms with Crippen LogP contribution in [0.2, 0.25) is 0 Å². The molecule has 0 spiro atoms. The van der Waals surface area contributed by atoms with Gasteiger partial charge in [0.2, 0.25) is 0 Å². The van der Waals surface area contributed by atoms with Crippen LogP contribution < -0.4 is 0 Å². The SMILES string of the molecule is CCCc1nc2c(C)cc(-c3cn(CC4CCC4)cn3)cc2n1Cc1ccc(-c2ccccc2C(=O)O)cc1. The van der Waals surface area contributed by atoms with Crippen LogP contribution in [0, 0.1) is 12.8 Å². The Morgan fingerprint density at radius 2 is 1.85 bits per heavy atom. The zero-order valence-corrected chi connectivity index (χ0v) is 22.6. The van der Waals surface area contributed by atoms with Crippen molar-refractivity contribution < 1.29 is 9.90 Å². The second-order valence-electron chi connectivity index (χ2n) is 10.8. The molecule has 1 aliphatic rings. The zero-order chi connectivity index (χ0) is 26.9. The number of imidazole rings is 2. The van der Waals surface area contributed by atoms with Crippen molar-refractivity contribution in [1.82, 2.24) is 19.1 Å². The molecule has 0 bridgehead atoms. The maximum absolute atomic E-state index is 11.7. The molecule has 6 heteroatoms. The first-order chi connectivity index (χ1) is 19.0. The summed E-state index contributed by atoms with van der Waals surface area (Å²) in [4.78, 5) is 21.5. The number of aromatic carboxylic acids is 1. The molecule has 1 aliphatic carbocycles. The highest BCUT2D eigenvalue weighted by Crippen LogP contribution is 2.31. The van der Waals surface area contributed by atoms with Crippen molar-refractivity contribution in [2.75, 3.05) is 0 Å². The molecule has 39 heavy (non-hydrogen) atoms. The van der Waals surface area contributed by atoms with Crippen LogP contribution in [-0.4, -0.2) is 30.2 Å². The molecule has 6 nitrogen and oxygen atoms in total. The van der Waals surface area contributed by atoms with E-state index >= 15 is 0 Å². The zero-order valence-electron chi connectivity index (χ0n) is 22.6. The molecular formula is C33H34N4O2. The van der Waals surface area contributed by atoms with Gasteiger partial charge in [-0.05, 0) is 72.6 Å². The van der Waals surface area contributed by atoms with Crippen molar-refractivity contribution in [2.24, 2.45) is 5.92 Å². The van der Waals surface area contributed by atoms with E-state index in [-0.39, 0.29) is 0 Å². The molecule has 0 radical (unpaired) electrons. The number of aromatic nitrogens is 4. The highest BCUT2D eigenvalue weighted by atomic mass is 16.4. The van der Waals surface area contributed by atoms with Crippen LogP contribution in [0.15, 0.2) is 73.2 Å². The van der Waals surface area contributed by atoms with Crippen LogP contribution in [0.4, 0.5) is 0 Å². The fraction of sp³-hybridized carbons (Fsp3) is 0.303. The van der Waals surface area contributed by atoms with Gasteiger partial charge < -0.3 is 14.2 Å². The fourth-order valence-corrected chi connectivity index (χ4v) is 5.66. The fourth-order valence-electron chi connectivity index (χ4n) is 5.66. The maximum Gasteiger partial charge on any atom is 0.336 e. The Labute approximate surface area is 229 Å². The first-order valence-corrected chi connectivity index (χ1v) is 13.9. The third kappa shape index (κ3) is 4.99. The third-order valence-electron chi connectivity index (χ3n) is 7.98. The number of hydrogen-bond donors (Lipinski definition) is 1. The number of fused-ring (bicyclic) bond motifs is 1. The number of aryl methyl sites for hydroxylation is 2. The minimum absolute atomic E-state index is 0.314. The Morgan fingerprint density at radius 3 is 2.56 bits per heavy atom. The summed E-state index contributed by atoms with van der Waals surface area (Å²) in [5.41, 5.74) is 8.55. The highest BCUT2D eigenvalue weighted by Gasteiger charge is 2.19. The van der Waals surface area contributed by atoms with Gasteiger partial charge in [0.15, 0.2) is 0 Å². The average Bonchev–Trinajstić information content (AvgIpc) is 3.52. The van der Waals surface area contributed by atoms with Gasteiger partial charge in [-0.2, -0.15) is 0 Å². The summed E-state index contributed by atoms with van der Waals surface area (Å²) in [6.07, 6.45) is 10.1. The maximum atomic E-state index is 11.7. The number of hydrogen-bond acceptors (Lipinski definition) is 3. The number of carboxylic acids is 1. The lowest BCUT2D eigenvalue weighted by Crippen LogP contribution is -2.16. The molecule has 6 rings (SSSR count). The van der Waals surface area contributed by atoms with E-state index in [2.05, 4.69) is 53.4 Å². The highest BCUT2D eigenvalue weighted by molar-refractivity contribution is 5.96. The number of rotatable bonds is 9. The molecule has 0 unspecified atom stereocenters. The van der Waals surface area contributed by atoms with Crippen LogP contribution in [-0.2, 0) is 19.5 Å². The molecule has 1 fully saturated rings. The quantitative estimate of drug-likeness (QED) is 0.221. The third-order valence-corrected chi connectivity index (χ3v) is 7.98. The molecular weight excluding hydrogens is 484 g/mol. The van der Waals surface area contributed by atoms with Crippen LogP contribution in [0.25, 0.3) is 33.4 Å². The van der Waals surface area contributed by atoms with E-state index in [0.717, 1.165) is 75.7 Å². The largest absolute Gasteiger partial charge is 0.478 e. The van der Waals surface area contributed by atoms with Gasteiger partial charge in [0.1, 0.15) is 5.82 Å². The minimum atomic E-state index is -0.914. The van der Waals surface area contributed by atoms with Gasteiger partial charge in [-0.15, -0.1) is 0 Å². The average molecular weight is 519 g/mol. The molecule has 5 aromatic rings. The normalized spacial score (nSPS) is 13.6. The van der Waals surface area contributed by atoms with E-state index in [1.54, 1.807) is 12.1 Å². The van der Waals surface area contributed by atoms with Crippen LogP contribution in [0.5, 0.6) is 0 Å².